The largest absolute Gasteiger partial charge is 0.454 e. The number of benzene rings is 1. The molecule has 3 rings (SSSR count). The first-order valence-electron chi connectivity index (χ1n) is 7.04. The topological polar surface area (TPSA) is 50.7 Å². The van der Waals surface area contributed by atoms with E-state index in [9.17, 15) is 5.11 Å². The summed E-state index contributed by atoms with van der Waals surface area (Å²) in [6.07, 6.45) is 4.01. The lowest BCUT2D eigenvalue weighted by Crippen LogP contribution is -2.23. The number of fused-ring (bicyclic) bond motifs is 1. The Balaban J connectivity index is 1.61. The summed E-state index contributed by atoms with van der Waals surface area (Å²) < 4.78 is 10.8. The molecule has 0 bridgehead atoms. The predicted molar refractivity (Wildman–Crippen MR) is 73.8 cm³/mol. The molecule has 1 aliphatic heterocycles. The Morgan fingerprint density at radius 3 is 2.58 bits per heavy atom. The third-order valence-corrected chi connectivity index (χ3v) is 4.12. The van der Waals surface area contributed by atoms with E-state index < -0.39 is 0 Å². The molecule has 0 aromatic heterocycles. The molecule has 19 heavy (non-hydrogen) atoms. The van der Waals surface area contributed by atoms with Gasteiger partial charge in [-0.15, -0.1) is 0 Å². The number of nitrogens with one attached hydrogen (secondary N) is 1. The van der Waals surface area contributed by atoms with E-state index in [-0.39, 0.29) is 6.10 Å². The Labute approximate surface area is 113 Å². The van der Waals surface area contributed by atoms with Crippen LogP contribution in [0.15, 0.2) is 12.1 Å². The van der Waals surface area contributed by atoms with E-state index in [1.807, 2.05) is 12.1 Å². The van der Waals surface area contributed by atoms with Crippen molar-refractivity contribution in [2.75, 3.05) is 18.7 Å². The van der Waals surface area contributed by atoms with Gasteiger partial charge in [0.05, 0.1) is 6.10 Å². The van der Waals surface area contributed by atoms with Crippen molar-refractivity contribution < 1.29 is 14.6 Å². The van der Waals surface area contributed by atoms with Crippen LogP contribution >= 0.6 is 0 Å². The number of ether oxygens (including phenoxy) is 2. The molecule has 1 aromatic rings. The highest BCUT2D eigenvalue weighted by molar-refractivity contribution is 5.60. The van der Waals surface area contributed by atoms with Crippen molar-refractivity contribution in [3.63, 3.8) is 0 Å². The molecule has 0 unspecified atom stereocenters. The van der Waals surface area contributed by atoms with E-state index >= 15 is 0 Å². The van der Waals surface area contributed by atoms with E-state index in [1.165, 1.54) is 5.56 Å². The molecule has 4 heteroatoms. The molecular weight excluding hydrogens is 242 g/mol. The number of rotatable bonds is 3. The van der Waals surface area contributed by atoms with Crippen LogP contribution in [0.2, 0.25) is 0 Å². The predicted octanol–water partition coefficient (Wildman–Crippen LogP) is 2.69. The summed E-state index contributed by atoms with van der Waals surface area (Å²) in [5.41, 5.74) is 2.30. The van der Waals surface area contributed by atoms with Gasteiger partial charge >= 0.3 is 0 Å². The summed E-state index contributed by atoms with van der Waals surface area (Å²) in [6.45, 7) is 3.36. The van der Waals surface area contributed by atoms with Crippen LogP contribution in [0.3, 0.4) is 0 Å². The molecule has 2 aliphatic rings. The second-order valence-corrected chi connectivity index (χ2v) is 5.58. The van der Waals surface area contributed by atoms with Crippen molar-refractivity contribution in [3.8, 4) is 11.5 Å². The van der Waals surface area contributed by atoms with E-state index in [4.69, 9.17) is 9.47 Å². The Bertz CT molecular complexity index is 453. The number of aliphatic hydroxyl groups excluding tert-OH is 1. The number of aliphatic hydroxyl groups is 1. The summed E-state index contributed by atoms with van der Waals surface area (Å²) in [4.78, 5) is 0. The highest BCUT2D eigenvalue weighted by atomic mass is 16.7. The minimum absolute atomic E-state index is 0.0801. The van der Waals surface area contributed by atoms with Crippen molar-refractivity contribution in [1.29, 1.82) is 0 Å². The molecule has 0 atom stereocenters. The fourth-order valence-corrected chi connectivity index (χ4v) is 2.84. The zero-order chi connectivity index (χ0) is 13.2. The maximum atomic E-state index is 9.51. The van der Waals surface area contributed by atoms with Gasteiger partial charge in [-0.3, -0.25) is 0 Å². The Morgan fingerprint density at radius 1 is 1.16 bits per heavy atom. The summed E-state index contributed by atoms with van der Waals surface area (Å²) in [5, 5.41) is 13.0. The molecule has 0 radical (unpaired) electrons. The zero-order valence-electron chi connectivity index (χ0n) is 11.3. The van der Waals surface area contributed by atoms with Crippen LogP contribution in [-0.2, 0) is 0 Å². The molecule has 1 aliphatic carbocycles. The van der Waals surface area contributed by atoms with Gasteiger partial charge in [0, 0.05) is 18.3 Å². The lowest BCUT2D eigenvalue weighted by molar-refractivity contribution is 0.111. The quantitative estimate of drug-likeness (QED) is 0.880. The number of aryl methyl sites for hydroxylation is 1. The minimum Gasteiger partial charge on any atom is -0.454 e. The monoisotopic (exact) mass is 263 g/mol. The standard InChI is InChI=1S/C15H21NO3/c1-10-6-14-15(19-9-18-14)7-13(10)16-8-11-2-4-12(17)5-3-11/h6-7,11-12,16-17H,2-5,8-9H2,1H3. The van der Waals surface area contributed by atoms with E-state index in [1.54, 1.807) is 0 Å². The van der Waals surface area contributed by atoms with Gasteiger partial charge in [0.1, 0.15) is 0 Å². The Hall–Kier alpha value is -1.42. The van der Waals surface area contributed by atoms with Gasteiger partial charge in [-0.05, 0) is 50.2 Å². The number of hydrogen-bond donors (Lipinski definition) is 2. The Kier molecular flexibility index (Phi) is 3.51. The molecule has 0 amide bonds. The zero-order valence-corrected chi connectivity index (χ0v) is 11.3. The molecule has 1 fully saturated rings. The van der Waals surface area contributed by atoms with Crippen LogP contribution in [-0.4, -0.2) is 24.5 Å². The molecule has 1 heterocycles. The van der Waals surface area contributed by atoms with Gasteiger partial charge in [0.15, 0.2) is 11.5 Å². The molecule has 2 N–H and O–H groups in total. The molecule has 0 saturated heterocycles. The Morgan fingerprint density at radius 2 is 1.84 bits per heavy atom. The van der Waals surface area contributed by atoms with Crippen LogP contribution in [0.5, 0.6) is 11.5 Å². The lowest BCUT2D eigenvalue weighted by Gasteiger charge is -2.26. The lowest BCUT2D eigenvalue weighted by atomic mass is 9.87. The summed E-state index contributed by atoms with van der Waals surface area (Å²) in [5.74, 6) is 2.32. The van der Waals surface area contributed by atoms with Crippen molar-refractivity contribution in [2.45, 2.75) is 38.7 Å². The van der Waals surface area contributed by atoms with Crippen LogP contribution in [0.1, 0.15) is 31.2 Å². The van der Waals surface area contributed by atoms with Gasteiger partial charge in [-0.25, -0.2) is 0 Å². The highest BCUT2D eigenvalue weighted by Crippen LogP contribution is 2.37. The average molecular weight is 263 g/mol. The average Bonchev–Trinajstić information content (AvgIpc) is 2.85. The fraction of sp³-hybridized carbons (Fsp3) is 0.600. The van der Waals surface area contributed by atoms with E-state index in [0.29, 0.717) is 12.7 Å². The van der Waals surface area contributed by atoms with E-state index in [2.05, 4.69) is 12.2 Å². The van der Waals surface area contributed by atoms with Gasteiger partial charge in [-0.1, -0.05) is 0 Å². The molecule has 1 saturated carbocycles. The third kappa shape index (κ3) is 2.78. The first-order valence-corrected chi connectivity index (χ1v) is 7.04. The second-order valence-electron chi connectivity index (χ2n) is 5.58. The van der Waals surface area contributed by atoms with Crippen LogP contribution in [0.25, 0.3) is 0 Å². The fourth-order valence-electron chi connectivity index (χ4n) is 2.84. The normalized spacial score (nSPS) is 25.4. The van der Waals surface area contributed by atoms with Crippen LogP contribution < -0.4 is 14.8 Å². The number of anilines is 1. The summed E-state index contributed by atoms with van der Waals surface area (Å²) >= 11 is 0. The maximum Gasteiger partial charge on any atom is 0.231 e. The molecular formula is C15H21NO3. The van der Waals surface area contributed by atoms with Gasteiger partial charge < -0.3 is 19.9 Å². The van der Waals surface area contributed by atoms with Gasteiger partial charge in [0.25, 0.3) is 0 Å². The maximum absolute atomic E-state index is 9.51. The van der Waals surface area contributed by atoms with Crippen molar-refractivity contribution in [2.24, 2.45) is 5.92 Å². The van der Waals surface area contributed by atoms with Crippen molar-refractivity contribution >= 4 is 5.69 Å². The second kappa shape index (κ2) is 5.29. The summed E-state index contributed by atoms with van der Waals surface area (Å²) in [6, 6.07) is 4.05. The van der Waals surface area contributed by atoms with Crippen LogP contribution in [0, 0.1) is 12.8 Å². The van der Waals surface area contributed by atoms with Gasteiger partial charge in [0.2, 0.25) is 6.79 Å². The van der Waals surface area contributed by atoms with Gasteiger partial charge in [-0.2, -0.15) is 0 Å². The highest BCUT2D eigenvalue weighted by Gasteiger charge is 2.20. The minimum atomic E-state index is -0.0801. The molecule has 0 spiro atoms. The van der Waals surface area contributed by atoms with Crippen molar-refractivity contribution in [3.05, 3.63) is 17.7 Å². The summed E-state index contributed by atoms with van der Waals surface area (Å²) in [7, 11) is 0. The van der Waals surface area contributed by atoms with Crippen molar-refractivity contribution in [1.82, 2.24) is 0 Å². The van der Waals surface area contributed by atoms with E-state index in [0.717, 1.165) is 49.4 Å². The smallest absolute Gasteiger partial charge is 0.231 e. The first kappa shape index (κ1) is 12.6. The number of hydrogen-bond acceptors (Lipinski definition) is 4. The molecule has 4 nitrogen and oxygen atoms in total. The van der Waals surface area contributed by atoms with Crippen LogP contribution in [0.4, 0.5) is 5.69 Å². The SMILES string of the molecule is Cc1cc2c(cc1NCC1CCC(O)CC1)OCO2. The molecule has 104 valence electrons. The first-order chi connectivity index (χ1) is 9.22. The molecule has 1 aromatic carbocycles. The third-order valence-electron chi connectivity index (χ3n) is 4.12.